The molecule has 3 rings (SSSR count). The molecule has 0 unspecified atom stereocenters. The summed E-state index contributed by atoms with van der Waals surface area (Å²) in [5.41, 5.74) is 2.39. The van der Waals surface area contributed by atoms with E-state index in [0.29, 0.717) is 47.7 Å². The second-order valence-electron chi connectivity index (χ2n) is 5.62. The van der Waals surface area contributed by atoms with E-state index in [1.54, 1.807) is 24.3 Å². The van der Waals surface area contributed by atoms with Crippen molar-refractivity contribution in [1.82, 2.24) is 4.90 Å². The summed E-state index contributed by atoms with van der Waals surface area (Å²) in [6.07, 6.45) is 3.53. The number of rotatable bonds is 4. The van der Waals surface area contributed by atoms with Gasteiger partial charge in [-0.05, 0) is 25.1 Å². The molecule has 0 amide bonds. The van der Waals surface area contributed by atoms with E-state index in [4.69, 9.17) is 26.5 Å². The predicted molar refractivity (Wildman–Crippen MR) is 98.1 cm³/mol. The molecule has 0 atom stereocenters. The summed E-state index contributed by atoms with van der Waals surface area (Å²) in [4.78, 5) is 6.80. The van der Waals surface area contributed by atoms with E-state index in [9.17, 15) is 5.11 Å². The van der Waals surface area contributed by atoms with Crippen LogP contribution in [0.15, 0.2) is 46.8 Å². The fraction of sp³-hybridized carbons (Fsp3) is 0.333. The quantitative estimate of drug-likeness (QED) is 0.807. The Balaban J connectivity index is 2.01. The van der Waals surface area contributed by atoms with Crippen LogP contribution in [0.5, 0.6) is 5.75 Å². The Morgan fingerprint density at radius 1 is 1.32 bits per heavy atom. The lowest BCUT2D eigenvalue weighted by Crippen LogP contribution is -2.39. The highest BCUT2D eigenvalue weighted by Gasteiger charge is 2.24. The first-order chi connectivity index (χ1) is 12.1. The molecule has 1 aromatic carbocycles. The largest absolute Gasteiger partial charge is 0.508 e. The number of allylic oxidation sites excluding steroid dienone is 2. The van der Waals surface area contributed by atoms with Crippen molar-refractivity contribution in [2.45, 2.75) is 6.92 Å². The first-order valence-electron chi connectivity index (χ1n) is 8.14. The predicted octanol–water partition coefficient (Wildman–Crippen LogP) is 3.29. The molecule has 2 aliphatic rings. The number of phenolic OH excluding ortho intramolecular Hbond substituents is 1. The van der Waals surface area contributed by atoms with Crippen molar-refractivity contribution < 1.29 is 14.6 Å². The van der Waals surface area contributed by atoms with Gasteiger partial charge in [0.25, 0.3) is 0 Å². The molecule has 2 N–H and O–H groups in total. The van der Waals surface area contributed by atoms with E-state index >= 15 is 0 Å². The molecule has 0 radical (unpaired) electrons. The van der Waals surface area contributed by atoms with E-state index in [1.165, 1.54) is 6.07 Å². The molecule has 0 saturated carbocycles. The minimum absolute atomic E-state index is 0.0915. The van der Waals surface area contributed by atoms with Gasteiger partial charge in [-0.25, -0.2) is 4.99 Å². The summed E-state index contributed by atoms with van der Waals surface area (Å²) in [6.45, 7) is 5.10. The van der Waals surface area contributed by atoms with Crippen LogP contribution in [0.4, 0.5) is 5.69 Å². The normalized spacial score (nSPS) is 19.7. The third-order valence-corrected chi connectivity index (χ3v) is 4.20. The summed E-state index contributed by atoms with van der Waals surface area (Å²) in [7, 11) is 0. The van der Waals surface area contributed by atoms with Gasteiger partial charge in [0.1, 0.15) is 11.5 Å². The maximum Gasteiger partial charge on any atom is 0.146 e. The lowest BCUT2D eigenvalue weighted by Gasteiger charge is -2.32. The fourth-order valence-electron chi connectivity index (χ4n) is 2.70. The van der Waals surface area contributed by atoms with Crippen molar-refractivity contribution in [3.63, 3.8) is 0 Å². The molecule has 1 aliphatic carbocycles. The third kappa shape index (κ3) is 4.03. The summed E-state index contributed by atoms with van der Waals surface area (Å²) in [6, 6.07) is 4.66. The van der Waals surface area contributed by atoms with Crippen LogP contribution in [0.3, 0.4) is 0 Å². The Labute approximate surface area is 151 Å². The zero-order valence-corrected chi connectivity index (χ0v) is 14.7. The van der Waals surface area contributed by atoms with Crippen molar-refractivity contribution in [3.8, 4) is 5.75 Å². The van der Waals surface area contributed by atoms with Crippen molar-refractivity contribution in [2.75, 3.05) is 32.9 Å². The SMILES string of the molecule is CCOC1=C/C(=N\c2ccc(O)cc2Cl)C(N2CCOCC2)=CC1=N. The topological polar surface area (TPSA) is 78.1 Å². The molecule has 1 fully saturated rings. The van der Waals surface area contributed by atoms with Crippen LogP contribution in [-0.2, 0) is 9.47 Å². The van der Waals surface area contributed by atoms with Gasteiger partial charge in [0.05, 0.1) is 47.7 Å². The number of halogens is 1. The number of hydrogen-bond donors (Lipinski definition) is 2. The van der Waals surface area contributed by atoms with Crippen LogP contribution in [0.2, 0.25) is 5.02 Å². The number of hydrogen-bond acceptors (Lipinski definition) is 6. The molecule has 132 valence electrons. The average Bonchev–Trinajstić information content (AvgIpc) is 2.61. The van der Waals surface area contributed by atoms with Crippen LogP contribution in [-0.4, -0.2) is 54.3 Å². The number of benzene rings is 1. The lowest BCUT2D eigenvalue weighted by molar-refractivity contribution is 0.0565. The highest BCUT2D eigenvalue weighted by molar-refractivity contribution is 6.33. The van der Waals surface area contributed by atoms with Crippen LogP contribution in [0.25, 0.3) is 0 Å². The van der Waals surface area contributed by atoms with Crippen molar-refractivity contribution >= 4 is 28.7 Å². The summed E-state index contributed by atoms with van der Waals surface area (Å²) in [5.74, 6) is 0.571. The first kappa shape index (κ1) is 17.5. The second-order valence-corrected chi connectivity index (χ2v) is 6.02. The number of ether oxygens (including phenoxy) is 2. The van der Waals surface area contributed by atoms with E-state index in [2.05, 4.69) is 9.89 Å². The maximum absolute atomic E-state index is 9.52. The molecule has 1 aromatic rings. The van der Waals surface area contributed by atoms with Gasteiger partial charge in [-0.3, -0.25) is 5.41 Å². The van der Waals surface area contributed by atoms with Gasteiger partial charge in [-0.2, -0.15) is 0 Å². The average molecular weight is 362 g/mol. The standard InChI is InChI=1S/C18H20ClN3O3/c1-2-25-18-11-16(21-15-4-3-12(23)9-13(15)19)17(10-14(18)20)22-5-7-24-8-6-22/h3-4,9-11,20,23H,2,5-8H2,1H3/b20-14?,21-16+. The first-order valence-corrected chi connectivity index (χ1v) is 8.51. The minimum atomic E-state index is 0.0915. The van der Waals surface area contributed by atoms with Gasteiger partial charge in [-0.15, -0.1) is 0 Å². The second kappa shape index (κ2) is 7.72. The highest BCUT2D eigenvalue weighted by Crippen LogP contribution is 2.30. The van der Waals surface area contributed by atoms with Crippen LogP contribution < -0.4 is 0 Å². The van der Waals surface area contributed by atoms with Crippen molar-refractivity contribution in [1.29, 1.82) is 5.41 Å². The number of aromatic hydroxyl groups is 1. The number of aliphatic imine (C=N–C) groups is 1. The maximum atomic E-state index is 9.52. The molecular weight excluding hydrogens is 342 g/mol. The Morgan fingerprint density at radius 3 is 2.76 bits per heavy atom. The van der Waals surface area contributed by atoms with Crippen LogP contribution in [0.1, 0.15) is 6.92 Å². The number of nitrogens with one attached hydrogen (secondary N) is 1. The molecule has 0 aromatic heterocycles. The van der Waals surface area contributed by atoms with Gasteiger partial charge in [-0.1, -0.05) is 11.6 Å². The van der Waals surface area contributed by atoms with Crippen LogP contribution >= 0.6 is 11.6 Å². The molecular formula is C18H20ClN3O3. The summed E-state index contributed by atoms with van der Waals surface area (Å²) < 4.78 is 11.0. The molecule has 1 heterocycles. The Kier molecular flexibility index (Phi) is 5.40. The molecule has 1 saturated heterocycles. The van der Waals surface area contributed by atoms with Gasteiger partial charge in [0.2, 0.25) is 0 Å². The zero-order chi connectivity index (χ0) is 17.8. The fourth-order valence-corrected chi connectivity index (χ4v) is 2.91. The van der Waals surface area contributed by atoms with Gasteiger partial charge in [0.15, 0.2) is 0 Å². The Bertz CT molecular complexity index is 765. The van der Waals surface area contributed by atoms with Gasteiger partial charge in [0, 0.05) is 25.2 Å². The van der Waals surface area contributed by atoms with Gasteiger partial charge >= 0.3 is 0 Å². The minimum Gasteiger partial charge on any atom is -0.508 e. The zero-order valence-electron chi connectivity index (χ0n) is 14.0. The highest BCUT2D eigenvalue weighted by atomic mass is 35.5. The third-order valence-electron chi connectivity index (χ3n) is 3.90. The van der Waals surface area contributed by atoms with Crippen LogP contribution in [0, 0.1) is 5.41 Å². The van der Waals surface area contributed by atoms with E-state index in [0.717, 1.165) is 18.8 Å². The number of morpholine rings is 1. The molecule has 7 heteroatoms. The van der Waals surface area contributed by atoms with Crippen molar-refractivity contribution in [2.24, 2.45) is 4.99 Å². The van der Waals surface area contributed by atoms with E-state index in [-0.39, 0.29) is 5.75 Å². The monoisotopic (exact) mass is 361 g/mol. The number of phenols is 1. The van der Waals surface area contributed by atoms with E-state index < -0.39 is 0 Å². The van der Waals surface area contributed by atoms with E-state index in [1.807, 2.05) is 6.92 Å². The molecule has 1 aliphatic heterocycles. The van der Waals surface area contributed by atoms with Crippen molar-refractivity contribution in [3.05, 3.63) is 46.8 Å². The van der Waals surface area contributed by atoms with Gasteiger partial charge < -0.3 is 19.5 Å². The molecule has 0 bridgehead atoms. The summed E-state index contributed by atoms with van der Waals surface area (Å²) >= 11 is 6.19. The molecule has 6 nitrogen and oxygen atoms in total. The summed E-state index contributed by atoms with van der Waals surface area (Å²) in [5, 5.41) is 18.1. The smallest absolute Gasteiger partial charge is 0.146 e. The Morgan fingerprint density at radius 2 is 2.08 bits per heavy atom. The molecule has 25 heavy (non-hydrogen) atoms. The molecule has 0 spiro atoms. The Hall–Kier alpha value is -2.31. The number of nitrogens with zero attached hydrogens (tertiary/aromatic N) is 2. The lowest BCUT2D eigenvalue weighted by atomic mass is 10.0.